The van der Waals surface area contributed by atoms with Gasteiger partial charge < -0.3 is 15.1 Å². The molecule has 2 saturated heterocycles. The van der Waals surface area contributed by atoms with Crippen molar-refractivity contribution in [2.24, 2.45) is 0 Å². The summed E-state index contributed by atoms with van der Waals surface area (Å²) < 4.78 is 0. The van der Waals surface area contributed by atoms with Crippen molar-refractivity contribution in [1.29, 1.82) is 0 Å². The number of piperazine rings is 1. The lowest BCUT2D eigenvalue weighted by Crippen LogP contribution is -2.55. The molecule has 0 radical (unpaired) electrons. The molecule has 6 nitrogen and oxygen atoms in total. The standard InChI is InChI=1S/C7H10N2O4/c10-6(11)5-4-1-3(8-5)2-9(4)7(12)13/h3-5,8H,1-2H2,(H,10,11)(H,12,13)/t3?,4-,5?/m1/s1. The minimum atomic E-state index is -1.03. The molecule has 2 heterocycles. The van der Waals surface area contributed by atoms with Crippen molar-refractivity contribution < 1.29 is 19.8 Å². The van der Waals surface area contributed by atoms with E-state index in [4.69, 9.17) is 10.2 Å². The van der Waals surface area contributed by atoms with E-state index in [1.165, 1.54) is 4.90 Å². The number of rotatable bonds is 1. The summed E-state index contributed by atoms with van der Waals surface area (Å²) in [5.41, 5.74) is 0. The number of fused-ring (bicyclic) bond motifs is 2. The molecule has 6 heteroatoms. The van der Waals surface area contributed by atoms with E-state index in [1.807, 2.05) is 0 Å². The van der Waals surface area contributed by atoms with Crippen LogP contribution in [-0.4, -0.2) is 51.8 Å². The average Bonchev–Trinajstić information content (AvgIpc) is 2.60. The van der Waals surface area contributed by atoms with E-state index >= 15 is 0 Å². The molecule has 2 fully saturated rings. The number of carboxylic acids is 1. The van der Waals surface area contributed by atoms with E-state index in [0.29, 0.717) is 13.0 Å². The number of nitrogens with zero attached hydrogens (tertiary/aromatic N) is 1. The zero-order valence-corrected chi connectivity index (χ0v) is 6.80. The number of carboxylic acid groups (broad SMARTS) is 2. The number of carbonyl (C=O) groups is 2. The molecule has 0 aliphatic carbocycles. The summed E-state index contributed by atoms with van der Waals surface area (Å²) in [6.07, 6.45) is -0.413. The van der Waals surface area contributed by atoms with Crippen molar-refractivity contribution in [2.75, 3.05) is 6.54 Å². The Kier molecular flexibility index (Phi) is 1.66. The van der Waals surface area contributed by atoms with Gasteiger partial charge in [0.2, 0.25) is 0 Å². The van der Waals surface area contributed by atoms with Crippen LogP contribution < -0.4 is 5.32 Å². The van der Waals surface area contributed by atoms with Gasteiger partial charge in [-0.15, -0.1) is 0 Å². The molecule has 3 atom stereocenters. The first kappa shape index (κ1) is 8.31. The number of hydrogen-bond donors (Lipinski definition) is 3. The lowest BCUT2D eigenvalue weighted by molar-refractivity contribution is -0.140. The van der Waals surface area contributed by atoms with E-state index in [-0.39, 0.29) is 12.1 Å². The Labute approximate surface area is 74.1 Å². The van der Waals surface area contributed by atoms with E-state index < -0.39 is 18.1 Å². The van der Waals surface area contributed by atoms with Crippen LogP contribution in [0.4, 0.5) is 4.79 Å². The highest BCUT2D eigenvalue weighted by molar-refractivity contribution is 5.77. The van der Waals surface area contributed by atoms with Gasteiger partial charge in [-0.05, 0) is 6.42 Å². The monoisotopic (exact) mass is 186 g/mol. The first-order chi connectivity index (χ1) is 6.09. The predicted octanol–water partition coefficient (Wildman–Crippen LogP) is -0.836. The van der Waals surface area contributed by atoms with Crippen LogP contribution in [0.15, 0.2) is 0 Å². The summed E-state index contributed by atoms with van der Waals surface area (Å²) >= 11 is 0. The van der Waals surface area contributed by atoms with Crippen molar-refractivity contribution in [3.05, 3.63) is 0 Å². The molecule has 2 bridgehead atoms. The maximum Gasteiger partial charge on any atom is 0.407 e. The van der Waals surface area contributed by atoms with Gasteiger partial charge in [0.15, 0.2) is 0 Å². The van der Waals surface area contributed by atoms with Crippen LogP contribution >= 0.6 is 0 Å². The Morgan fingerprint density at radius 2 is 2.08 bits per heavy atom. The van der Waals surface area contributed by atoms with Crippen molar-refractivity contribution in [1.82, 2.24) is 10.2 Å². The molecule has 13 heavy (non-hydrogen) atoms. The topological polar surface area (TPSA) is 89.9 Å². The molecule has 2 aliphatic rings. The van der Waals surface area contributed by atoms with Crippen LogP contribution in [0.3, 0.4) is 0 Å². The number of likely N-dealkylation sites (tertiary alicyclic amines) is 1. The fraction of sp³-hybridized carbons (Fsp3) is 0.714. The lowest BCUT2D eigenvalue weighted by atomic mass is 10.1. The van der Waals surface area contributed by atoms with Crippen LogP contribution in [0.25, 0.3) is 0 Å². The number of aliphatic carboxylic acids is 1. The van der Waals surface area contributed by atoms with Gasteiger partial charge in [0, 0.05) is 12.6 Å². The van der Waals surface area contributed by atoms with Crippen molar-refractivity contribution in [3.63, 3.8) is 0 Å². The highest BCUT2D eigenvalue weighted by atomic mass is 16.4. The summed E-state index contributed by atoms with van der Waals surface area (Å²) in [5, 5.41) is 20.4. The molecule has 3 N–H and O–H groups in total. The third-order valence-corrected chi connectivity index (χ3v) is 2.66. The first-order valence-electron chi connectivity index (χ1n) is 4.08. The lowest BCUT2D eigenvalue weighted by Gasteiger charge is -2.29. The molecule has 2 aliphatic heterocycles. The second kappa shape index (κ2) is 2.59. The molecule has 1 amide bonds. The quantitative estimate of drug-likeness (QED) is 0.497. The Hall–Kier alpha value is -1.30. The van der Waals surface area contributed by atoms with Crippen molar-refractivity contribution in [2.45, 2.75) is 24.5 Å². The van der Waals surface area contributed by atoms with Crippen LogP contribution in [0, 0.1) is 0 Å². The van der Waals surface area contributed by atoms with Crippen LogP contribution in [0.5, 0.6) is 0 Å². The normalized spacial score (nSPS) is 36.6. The molecule has 0 saturated carbocycles. The zero-order valence-electron chi connectivity index (χ0n) is 6.80. The van der Waals surface area contributed by atoms with Gasteiger partial charge in [-0.3, -0.25) is 10.1 Å². The third-order valence-electron chi connectivity index (χ3n) is 2.66. The Morgan fingerprint density at radius 1 is 1.38 bits per heavy atom. The summed E-state index contributed by atoms with van der Waals surface area (Å²) in [5.74, 6) is -0.974. The smallest absolute Gasteiger partial charge is 0.407 e. The van der Waals surface area contributed by atoms with E-state index in [1.54, 1.807) is 0 Å². The molecule has 0 spiro atoms. The fourth-order valence-electron chi connectivity index (χ4n) is 2.12. The highest BCUT2D eigenvalue weighted by Crippen LogP contribution is 2.27. The highest BCUT2D eigenvalue weighted by Gasteiger charge is 2.49. The largest absolute Gasteiger partial charge is 0.480 e. The summed E-state index contributed by atoms with van der Waals surface area (Å²) in [4.78, 5) is 22.6. The van der Waals surface area contributed by atoms with Gasteiger partial charge in [0.05, 0.1) is 6.04 Å². The number of amides is 1. The maximum absolute atomic E-state index is 10.7. The fourth-order valence-corrected chi connectivity index (χ4v) is 2.12. The zero-order chi connectivity index (χ0) is 9.59. The molecule has 2 rings (SSSR count). The van der Waals surface area contributed by atoms with Gasteiger partial charge in [0.1, 0.15) is 6.04 Å². The summed E-state index contributed by atoms with van der Waals surface area (Å²) in [6, 6.07) is -1.10. The minimum absolute atomic E-state index is 0.0159. The Morgan fingerprint density at radius 3 is 2.54 bits per heavy atom. The Balaban J connectivity index is 2.15. The maximum atomic E-state index is 10.7. The SMILES string of the molecule is O=C(O)C1NC2C[C@H]1N(C(=O)O)C2. The number of hydrogen-bond acceptors (Lipinski definition) is 3. The summed E-state index contributed by atoms with van der Waals surface area (Å²) in [7, 11) is 0. The summed E-state index contributed by atoms with van der Waals surface area (Å²) in [6.45, 7) is 0.407. The third kappa shape index (κ3) is 1.14. The van der Waals surface area contributed by atoms with E-state index in [0.717, 1.165) is 0 Å². The van der Waals surface area contributed by atoms with E-state index in [2.05, 4.69) is 5.32 Å². The van der Waals surface area contributed by atoms with Crippen LogP contribution in [-0.2, 0) is 4.79 Å². The van der Waals surface area contributed by atoms with Gasteiger partial charge >= 0.3 is 12.1 Å². The molecular formula is C7H10N2O4. The van der Waals surface area contributed by atoms with Gasteiger partial charge in [-0.25, -0.2) is 4.79 Å². The van der Waals surface area contributed by atoms with Gasteiger partial charge in [-0.1, -0.05) is 0 Å². The molecule has 0 aromatic heterocycles. The van der Waals surface area contributed by atoms with Gasteiger partial charge in [-0.2, -0.15) is 0 Å². The second-order valence-corrected chi connectivity index (χ2v) is 3.42. The number of nitrogens with one attached hydrogen (secondary N) is 1. The predicted molar refractivity (Wildman–Crippen MR) is 41.5 cm³/mol. The Bertz CT molecular complexity index is 243. The van der Waals surface area contributed by atoms with Crippen molar-refractivity contribution in [3.8, 4) is 0 Å². The van der Waals surface area contributed by atoms with E-state index in [9.17, 15) is 9.59 Å². The van der Waals surface area contributed by atoms with Gasteiger partial charge in [0.25, 0.3) is 0 Å². The second-order valence-electron chi connectivity index (χ2n) is 3.42. The van der Waals surface area contributed by atoms with Crippen LogP contribution in [0.2, 0.25) is 0 Å². The van der Waals surface area contributed by atoms with Crippen LogP contribution in [0.1, 0.15) is 6.42 Å². The molecule has 72 valence electrons. The van der Waals surface area contributed by atoms with Crippen molar-refractivity contribution >= 4 is 12.1 Å². The average molecular weight is 186 g/mol. The minimum Gasteiger partial charge on any atom is -0.480 e. The molecule has 2 unspecified atom stereocenters. The molecule has 0 aromatic rings. The molecular weight excluding hydrogens is 176 g/mol. The first-order valence-corrected chi connectivity index (χ1v) is 4.08. The molecule has 0 aromatic carbocycles.